The van der Waals surface area contributed by atoms with Gasteiger partial charge in [-0.05, 0) is 54.4 Å². The number of para-hydroxylation sites is 1. The van der Waals surface area contributed by atoms with Gasteiger partial charge in [0.2, 0.25) is 10.0 Å². The van der Waals surface area contributed by atoms with Crippen molar-refractivity contribution >= 4 is 27.3 Å². The van der Waals surface area contributed by atoms with Crippen molar-refractivity contribution in [3.05, 3.63) is 95.6 Å². The lowest BCUT2D eigenvalue weighted by atomic mass is 10.1. The SMILES string of the molecule is Cc1cccc(N(Cc2ccc(C(=O)N(C)c3ccccc3)cc2)S(C)(=O)=O)c1. The first-order valence-corrected chi connectivity index (χ1v) is 11.1. The zero-order valence-corrected chi connectivity index (χ0v) is 17.6. The summed E-state index contributed by atoms with van der Waals surface area (Å²) in [4.78, 5) is 14.3. The van der Waals surface area contributed by atoms with Crippen LogP contribution in [-0.4, -0.2) is 27.6 Å². The Morgan fingerprint density at radius 2 is 1.48 bits per heavy atom. The standard InChI is InChI=1S/C23H24N2O3S/c1-18-8-7-11-22(16-18)25(29(3,27)28)17-19-12-14-20(15-13-19)23(26)24(2)21-9-5-4-6-10-21/h4-16H,17H2,1-3H3. The molecule has 0 aliphatic rings. The van der Waals surface area contributed by atoms with E-state index in [1.807, 2.05) is 55.5 Å². The fourth-order valence-corrected chi connectivity index (χ4v) is 3.94. The molecule has 0 aromatic heterocycles. The van der Waals surface area contributed by atoms with E-state index in [4.69, 9.17) is 0 Å². The van der Waals surface area contributed by atoms with Crippen molar-refractivity contribution in [2.24, 2.45) is 0 Å². The summed E-state index contributed by atoms with van der Waals surface area (Å²) in [7, 11) is -1.72. The Morgan fingerprint density at radius 1 is 0.862 bits per heavy atom. The molecule has 0 saturated carbocycles. The van der Waals surface area contributed by atoms with Crippen LogP contribution < -0.4 is 9.21 Å². The molecule has 0 unspecified atom stereocenters. The molecule has 3 aromatic rings. The fraction of sp³-hybridized carbons (Fsp3) is 0.174. The Kier molecular flexibility index (Phi) is 6.03. The number of carbonyl (C=O) groups is 1. The maximum absolute atomic E-state index is 12.7. The molecule has 6 heteroatoms. The largest absolute Gasteiger partial charge is 0.311 e. The maximum atomic E-state index is 12.7. The van der Waals surface area contributed by atoms with Gasteiger partial charge in [-0.2, -0.15) is 0 Å². The maximum Gasteiger partial charge on any atom is 0.258 e. The van der Waals surface area contributed by atoms with Gasteiger partial charge in [0.25, 0.3) is 5.91 Å². The monoisotopic (exact) mass is 408 g/mol. The molecule has 0 atom stereocenters. The lowest BCUT2D eigenvalue weighted by Gasteiger charge is -2.23. The second kappa shape index (κ2) is 8.49. The van der Waals surface area contributed by atoms with E-state index >= 15 is 0 Å². The Morgan fingerprint density at radius 3 is 2.07 bits per heavy atom. The minimum atomic E-state index is -3.45. The van der Waals surface area contributed by atoms with Gasteiger partial charge in [0.05, 0.1) is 18.5 Å². The Balaban J connectivity index is 1.81. The summed E-state index contributed by atoms with van der Waals surface area (Å²) >= 11 is 0. The summed E-state index contributed by atoms with van der Waals surface area (Å²) in [6.07, 6.45) is 1.20. The number of amides is 1. The van der Waals surface area contributed by atoms with Gasteiger partial charge in [-0.1, -0.05) is 42.5 Å². The third-order valence-electron chi connectivity index (χ3n) is 4.67. The first-order chi connectivity index (χ1) is 13.8. The molecule has 3 aromatic carbocycles. The van der Waals surface area contributed by atoms with Crippen LogP contribution in [0.25, 0.3) is 0 Å². The number of carbonyl (C=O) groups excluding carboxylic acids is 1. The average Bonchev–Trinajstić information content (AvgIpc) is 2.71. The lowest BCUT2D eigenvalue weighted by molar-refractivity contribution is 0.0993. The van der Waals surface area contributed by atoms with Crippen LogP contribution in [0.1, 0.15) is 21.5 Å². The lowest BCUT2D eigenvalue weighted by Crippen LogP contribution is -2.29. The number of rotatable bonds is 6. The summed E-state index contributed by atoms with van der Waals surface area (Å²) in [5.41, 5.74) is 3.76. The molecule has 0 radical (unpaired) electrons. The Hall–Kier alpha value is -3.12. The van der Waals surface area contributed by atoms with Crippen molar-refractivity contribution in [2.45, 2.75) is 13.5 Å². The third kappa shape index (κ3) is 5.03. The van der Waals surface area contributed by atoms with E-state index in [-0.39, 0.29) is 12.5 Å². The molecule has 1 amide bonds. The minimum Gasteiger partial charge on any atom is -0.311 e. The van der Waals surface area contributed by atoms with Gasteiger partial charge in [-0.15, -0.1) is 0 Å². The van der Waals surface area contributed by atoms with Gasteiger partial charge in [0.15, 0.2) is 0 Å². The zero-order valence-electron chi connectivity index (χ0n) is 16.7. The number of hydrogen-bond donors (Lipinski definition) is 0. The van der Waals surface area contributed by atoms with E-state index in [1.54, 1.807) is 42.3 Å². The first-order valence-electron chi connectivity index (χ1n) is 9.22. The van der Waals surface area contributed by atoms with E-state index in [9.17, 15) is 13.2 Å². The van der Waals surface area contributed by atoms with Crippen LogP contribution in [0.4, 0.5) is 11.4 Å². The third-order valence-corrected chi connectivity index (χ3v) is 5.81. The molecular formula is C23H24N2O3S. The molecule has 150 valence electrons. The van der Waals surface area contributed by atoms with Crippen LogP contribution in [0, 0.1) is 6.92 Å². The van der Waals surface area contributed by atoms with Crippen LogP contribution in [0.15, 0.2) is 78.9 Å². The average molecular weight is 409 g/mol. The fourth-order valence-electron chi connectivity index (χ4n) is 3.06. The Labute approximate surface area is 172 Å². The summed E-state index contributed by atoms with van der Waals surface area (Å²) < 4.78 is 26.0. The van der Waals surface area contributed by atoms with Crippen LogP contribution >= 0.6 is 0 Å². The topological polar surface area (TPSA) is 57.7 Å². The summed E-state index contributed by atoms with van der Waals surface area (Å²) in [6, 6.07) is 23.8. The zero-order chi connectivity index (χ0) is 21.0. The molecule has 0 heterocycles. The highest BCUT2D eigenvalue weighted by Gasteiger charge is 2.19. The smallest absolute Gasteiger partial charge is 0.258 e. The number of benzene rings is 3. The summed E-state index contributed by atoms with van der Waals surface area (Å²) in [6.45, 7) is 2.12. The molecule has 0 saturated heterocycles. The van der Waals surface area contributed by atoms with E-state index in [0.717, 1.165) is 16.8 Å². The van der Waals surface area contributed by atoms with Gasteiger partial charge in [0, 0.05) is 18.3 Å². The van der Waals surface area contributed by atoms with Crippen molar-refractivity contribution in [2.75, 3.05) is 22.5 Å². The molecule has 0 spiro atoms. The predicted octanol–water partition coefficient (Wildman–Crippen LogP) is 4.24. The molecule has 0 fully saturated rings. The van der Waals surface area contributed by atoms with E-state index in [2.05, 4.69) is 0 Å². The van der Waals surface area contributed by atoms with Crippen molar-refractivity contribution in [1.29, 1.82) is 0 Å². The normalized spacial score (nSPS) is 11.1. The second-order valence-corrected chi connectivity index (χ2v) is 8.91. The number of hydrogen-bond acceptors (Lipinski definition) is 3. The molecule has 0 bridgehead atoms. The highest BCUT2D eigenvalue weighted by atomic mass is 32.2. The van der Waals surface area contributed by atoms with Crippen LogP contribution in [0.3, 0.4) is 0 Å². The van der Waals surface area contributed by atoms with Crippen molar-refractivity contribution in [3.63, 3.8) is 0 Å². The van der Waals surface area contributed by atoms with Crippen molar-refractivity contribution < 1.29 is 13.2 Å². The van der Waals surface area contributed by atoms with Crippen molar-refractivity contribution in [3.8, 4) is 0 Å². The summed E-state index contributed by atoms with van der Waals surface area (Å²) in [5.74, 6) is -0.124. The van der Waals surface area contributed by atoms with Crippen LogP contribution in [-0.2, 0) is 16.6 Å². The molecular weight excluding hydrogens is 384 g/mol. The van der Waals surface area contributed by atoms with Crippen molar-refractivity contribution in [1.82, 2.24) is 0 Å². The predicted molar refractivity (Wildman–Crippen MR) is 118 cm³/mol. The van der Waals surface area contributed by atoms with Gasteiger partial charge in [-0.25, -0.2) is 8.42 Å². The van der Waals surface area contributed by atoms with Gasteiger partial charge >= 0.3 is 0 Å². The second-order valence-electron chi connectivity index (χ2n) is 7.01. The highest BCUT2D eigenvalue weighted by molar-refractivity contribution is 7.92. The minimum absolute atomic E-state index is 0.124. The van der Waals surface area contributed by atoms with Gasteiger partial charge in [-0.3, -0.25) is 9.10 Å². The van der Waals surface area contributed by atoms with Crippen LogP contribution in [0.5, 0.6) is 0 Å². The first kappa shape index (κ1) is 20.6. The molecule has 29 heavy (non-hydrogen) atoms. The molecule has 5 nitrogen and oxygen atoms in total. The molecule has 3 rings (SSSR count). The summed E-state index contributed by atoms with van der Waals surface area (Å²) in [5, 5.41) is 0. The quantitative estimate of drug-likeness (QED) is 0.613. The van der Waals surface area contributed by atoms with E-state index < -0.39 is 10.0 Å². The van der Waals surface area contributed by atoms with E-state index in [1.165, 1.54) is 10.6 Å². The number of aryl methyl sites for hydroxylation is 1. The molecule has 0 N–H and O–H groups in total. The van der Waals surface area contributed by atoms with Gasteiger partial charge < -0.3 is 4.90 Å². The van der Waals surface area contributed by atoms with E-state index in [0.29, 0.717) is 11.3 Å². The molecule has 0 aliphatic carbocycles. The highest BCUT2D eigenvalue weighted by Crippen LogP contribution is 2.22. The number of sulfonamides is 1. The van der Waals surface area contributed by atoms with Gasteiger partial charge in [0.1, 0.15) is 0 Å². The Bertz CT molecular complexity index is 1090. The number of nitrogens with zero attached hydrogens (tertiary/aromatic N) is 2. The van der Waals surface area contributed by atoms with Crippen LogP contribution in [0.2, 0.25) is 0 Å². The number of anilines is 2. The molecule has 0 aliphatic heterocycles.